The Morgan fingerprint density at radius 3 is 2.75 bits per heavy atom. The Morgan fingerprint density at radius 2 is 1.96 bits per heavy atom. The lowest BCUT2D eigenvalue weighted by Crippen LogP contribution is -2.07. The van der Waals surface area contributed by atoms with Crippen molar-refractivity contribution in [3.05, 3.63) is 69.9 Å². The van der Waals surface area contributed by atoms with Gasteiger partial charge in [-0.3, -0.25) is 9.59 Å². The quantitative estimate of drug-likeness (QED) is 0.684. The van der Waals surface area contributed by atoms with Crippen LogP contribution < -0.4 is 5.43 Å². The summed E-state index contributed by atoms with van der Waals surface area (Å²) in [7, 11) is 0. The van der Waals surface area contributed by atoms with Crippen molar-refractivity contribution < 1.29 is 13.9 Å². The standard InChI is InChI=1S/C20H18O4/c1-3-23-20(22)11-14-5-4-6-15(10-14)19-12-17(21)16-9-13(2)7-8-18(16)24-19/h4-10,12H,3,11H2,1-2H3. The van der Waals surface area contributed by atoms with Gasteiger partial charge in [0.1, 0.15) is 11.3 Å². The SMILES string of the molecule is CCOC(=O)Cc1cccc(-c2cc(=O)c3cc(C)ccc3o2)c1. The van der Waals surface area contributed by atoms with E-state index >= 15 is 0 Å². The second-order valence-corrected chi connectivity index (χ2v) is 5.66. The number of ether oxygens (including phenoxy) is 1. The third-order valence-electron chi connectivity index (χ3n) is 3.75. The first-order chi connectivity index (χ1) is 11.6. The first-order valence-electron chi connectivity index (χ1n) is 7.86. The molecule has 0 bridgehead atoms. The van der Waals surface area contributed by atoms with Crippen LogP contribution in [0.3, 0.4) is 0 Å². The van der Waals surface area contributed by atoms with E-state index in [2.05, 4.69) is 0 Å². The molecule has 4 nitrogen and oxygen atoms in total. The highest BCUT2D eigenvalue weighted by Crippen LogP contribution is 2.23. The fourth-order valence-corrected chi connectivity index (χ4v) is 2.63. The average molecular weight is 322 g/mol. The molecule has 1 aromatic heterocycles. The van der Waals surface area contributed by atoms with Crippen LogP contribution in [-0.2, 0) is 16.0 Å². The van der Waals surface area contributed by atoms with Gasteiger partial charge < -0.3 is 9.15 Å². The molecule has 3 aromatic rings. The van der Waals surface area contributed by atoms with Crippen molar-refractivity contribution in [3.8, 4) is 11.3 Å². The topological polar surface area (TPSA) is 56.5 Å². The highest BCUT2D eigenvalue weighted by atomic mass is 16.5. The highest BCUT2D eigenvalue weighted by molar-refractivity contribution is 5.79. The zero-order chi connectivity index (χ0) is 17.1. The molecule has 122 valence electrons. The lowest BCUT2D eigenvalue weighted by Gasteiger charge is -2.06. The maximum atomic E-state index is 12.3. The number of hydrogen-bond acceptors (Lipinski definition) is 4. The molecule has 0 aliphatic heterocycles. The van der Waals surface area contributed by atoms with Crippen LogP contribution in [0.25, 0.3) is 22.3 Å². The van der Waals surface area contributed by atoms with Crippen molar-refractivity contribution in [2.45, 2.75) is 20.3 Å². The summed E-state index contributed by atoms with van der Waals surface area (Å²) in [6.45, 7) is 4.07. The molecule has 24 heavy (non-hydrogen) atoms. The van der Waals surface area contributed by atoms with Crippen LogP contribution in [0.15, 0.2) is 57.7 Å². The molecule has 0 fully saturated rings. The zero-order valence-electron chi connectivity index (χ0n) is 13.7. The molecule has 3 rings (SSSR count). The number of fused-ring (bicyclic) bond motifs is 1. The third-order valence-corrected chi connectivity index (χ3v) is 3.75. The fraction of sp³-hybridized carbons (Fsp3) is 0.200. The Morgan fingerprint density at radius 1 is 1.12 bits per heavy atom. The molecule has 0 saturated heterocycles. The van der Waals surface area contributed by atoms with Gasteiger partial charge in [-0.1, -0.05) is 29.8 Å². The summed E-state index contributed by atoms with van der Waals surface area (Å²) < 4.78 is 10.8. The van der Waals surface area contributed by atoms with Crippen LogP contribution in [0.4, 0.5) is 0 Å². The highest BCUT2D eigenvalue weighted by Gasteiger charge is 2.09. The normalized spacial score (nSPS) is 10.8. The predicted molar refractivity (Wildman–Crippen MR) is 93.0 cm³/mol. The van der Waals surface area contributed by atoms with Gasteiger partial charge in [0.05, 0.1) is 18.4 Å². The maximum absolute atomic E-state index is 12.3. The van der Waals surface area contributed by atoms with Gasteiger partial charge >= 0.3 is 5.97 Å². The Bertz CT molecular complexity index is 953. The molecule has 0 amide bonds. The van der Waals surface area contributed by atoms with E-state index in [1.54, 1.807) is 13.0 Å². The van der Waals surface area contributed by atoms with Gasteiger partial charge in [-0.25, -0.2) is 0 Å². The van der Waals surface area contributed by atoms with Crippen LogP contribution >= 0.6 is 0 Å². The fourth-order valence-electron chi connectivity index (χ4n) is 2.63. The van der Waals surface area contributed by atoms with E-state index in [0.717, 1.165) is 16.7 Å². The summed E-state index contributed by atoms with van der Waals surface area (Å²) >= 11 is 0. The Labute approximate surface area is 139 Å². The number of esters is 1. The second kappa shape index (κ2) is 6.71. The number of hydrogen-bond donors (Lipinski definition) is 0. The van der Waals surface area contributed by atoms with Crippen LogP contribution in [-0.4, -0.2) is 12.6 Å². The first kappa shape index (κ1) is 16.0. The van der Waals surface area contributed by atoms with Crippen molar-refractivity contribution in [1.29, 1.82) is 0 Å². The van der Waals surface area contributed by atoms with E-state index in [9.17, 15) is 9.59 Å². The molecule has 2 aromatic carbocycles. The van der Waals surface area contributed by atoms with E-state index in [1.165, 1.54) is 6.07 Å². The summed E-state index contributed by atoms with van der Waals surface area (Å²) in [5.74, 6) is 0.215. The molecule has 0 atom stereocenters. The second-order valence-electron chi connectivity index (χ2n) is 5.66. The van der Waals surface area contributed by atoms with Crippen LogP contribution in [0.2, 0.25) is 0 Å². The first-order valence-corrected chi connectivity index (χ1v) is 7.86. The third kappa shape index (κ3) is 3.38. The molecular formula is C20H18O4. The number of benzene rings is 2. The van der Waals surface area contributed by atoms with Gasteiger partial charge in [-0.05, 0) is 37.6 Å². The number of rotatable bonds is 4. The molecule has 1 heterocycles. The minimum atomic E-state index is -0.273. The van der Waals surface area contributed by atoms with Crippen LogP contribution in [0, 0.1) is 6.92 Å². The Hall–Kier alpha value is -2.88. The van der Waals surface area contributed by atoms with E-state index in [4.69, 9.17) is 9.15 Å². The van der Waals surface area contributed by atoms with Crippen molar-refractivity contribution in [2.75, 3.05) is 6.61 Å². The van der Waals surface area contributed by atoms with Gasteiger partial charge in [-0.15, -0.1) is 0 Å². The van der Waals surface area contributed by atoms with Gasteiger partial charge in [-0.2, -0.15) is 0 Å². The zero-order valence-corrected chi connectivity index (χ0v) is 13.7. The van der Waals surface area contributed by atoms with E-state index in [1.807, 2.05) is 43.3 Å². The van der Waals surface area contributed by atoms with Crippen molar-refractivity contribution in [1.82, 2.24) is 0 Å². The van der Waals surface area contributed by atoms with E-state index in [0.29, 0.717) is 23.3 Å². The Kier molecular flexibility index (Phi) is 4.47. The van der Waals surface area contributed by atoms with Gasteiger partial charge in [0.2, 0.25) is 0 Å². The summed E-state index contributed by atoms with van der Waals surface area (Å²) in [6.07, 6.45) is 0.193. The van der Waals surface area contributed by atoms with Crippen LogP contribution in [0.5, 0.6) is 0 Å². The molecule has 0 saturated carbocycles. The molecule has 0 N–H and O–H groups in total. The number of carbonyl (C=O) groups excluding carboxylic acids is 1. The van der Waals surface area contributed by atoms with Crippen molar-refractivity contribution >= 4 is 16.9 Å². The molecule has 0 aliphatic carbocycles. The monoisotopic (exact) mass is 322 g/mol. The lowest BCUT2D eigenvalue weighted by molar-refractivity contribution is -0.142. The molecule has 4 heteroatoms. The van der Waals surface area contributed by atoms with Crippen molar-refractivity contribution in [3.63, 3.8) is 0 Å². The summed E-state index contributed by atoms with van der Waals surface area (Å²) in [6, 6.07) is 14.4. The Balaban J connectivity index is 2.00. The van der Waals surface area contributed by atoms with E-state index < -0.39 is 0 Å². The van der Waals surface area contributed by atoms with E-state index in [-0.39, 0.29) is 17.8 Å². The number of aryl methyl sites for hydroxylation is 1. The minimum Gasteiger partial charge on any atom is -0.466 e. The smallest absolute Gasteiger partial charge is 0.310 e. The summed E-state index contributed by atoms with van der Waals surface area (Å²) in [4.78, 5) is 24.0. The van der Waals surface area contributed by atoms with Crippen LogP contribution in [0.1, 0.15) is 18.1 Å². The van der Waals surface area contributed by atoms with Crippen molar-refractivity contribution in [2.24, 2.45) is 0 Å². The van der Waals surface area contributed by atoms with Gasteiger partial charge in [0.15, 0.2) is 5.43 Å². The maximum Gasteiger partial charge on any atom is 0.310 e. The van der Waals surface area contributed by atoms with Gasteiger partial charge in [0.25, 0.3) is 0 Å². The molecule has 0 spiro atoms. The summed E-state index contributed by atoms with van der Waals surface area (Å²) in [5, 5.41) is 0.571. The lowest BCUT2D eigenvalue weighted by atomic mass is 10.1. The van der Waals surface area contributed by atoms with Gasteiger partial charge in [0, 0.05) is 11.6 Å². The molecule has 0 unspecified atom stereocenters. The number of carbonyl (C=O) groups is 1. The molecule has 0 aliphatic rings. The molecule has 0 radical (unpaired) electrons. The average Bonchev–Trinajstić information content (AvgIpc) is 2.56. The predicted octanol–water partition coefficient (Wildman–Crippen LogP) is 3.87. The molecular weight excluding hydrogens is 304 g/mol. The largest absolute Gasteiger partial charge is 0.466 e. The minimum absolute atomic E-state index is 0.0780. The summed E-state index contributed by atoms with van der Waals surface area (Å²) in [5.41, 5.74) is 3.07.